The van der Waals surface area contributed by atoms with E-state index in [1.807, 2.05) is 44.2 Å². The maximum Gasteiger partial charge on any atom is 0.271 e. The Balaban J connectivity index is 1.70. The summed E-state index contributed by atoms with van der Waals surface area (Å²) in [6, 6.07) is 16.0. The Morgan fingerprint density at radius 1 is 1.00 bits per heavy atom. The monoisotopic (exact) mass is 560 g/mol. The predicted molar refractivity (Wildman–Crippen MR) is 140 cm³/mol. The zero-order valence-electron chi connectivity index (χ0n) is 19.6. The Hall–Kier alpha value is -3.23. The molecule has 0 aliphatic heterocycles. The second-order valence-electron chi connectivity index (χ2n) is 7.14. The normalized spacial score (nSPS) is 10.8. The molecule has 0 aromatic heterocycles. The quantitative estimate of drug-likeness (QED) is 0.221. The average Bonchev–Trinajstić information content (AvgIpc) is 2.85. The van der Waals surface area contributed by atoms with Gasteiger partial charge in [0.25, 0.3) is 5.91 Å². The Kier molecular flexibility index (Phi) is 9.81. The molecule has 0 bridgehead atoms. The Labute approximate surface area is 218 Å². The summed E-state index contributed by atoms with van der Waals surface area (Å²) >= 11 is 9.73. The van der Waals surface area contributed by atoms with E-state index < -0.39 is 0 Å². The van der Waals surface area contributed by atoms with Gasteiger partial charge in [-0.25, -0.2) is 5.43 Å². The van der Waals surface area contributed by atoms with Crippen molar-refractivity contribution in [3.8, 4) is 23.0 Å². The number of carbonyl (C=O) groups is 1. The fourth-order valence-corrected chi connectivity index (χ4v) is 3.91. The van der Waals surface area contributed by atoms with E-state index in [1.54, 1.807) is 31.4 Å². The molecule has 0 saturated heterocycles. The molecular weight excluding hydrogens is 536 g/mol. The number of nitrogens with one attached hydrogen (secondary N) is 1. The molecule has 3 rings (SSSR count). The van der Waals surface area contributed by atoms with Crippen molar-refractivity contribution in [1.29, 1.82) is 0 Å². The molecule has 0 atom stereocenters. The van der Waals surface area contributed by atoms with Crippen molar-refractivity contribution < 1.29 is 23.7 Å². The molecule has 0 saturated carbocycles. The number of ether oxygens (including phenoxy) is 4. The number of amides is 1. The Morgan fingerprint density at radius 3 is 2.46 bits per heavy atom. The molecule has 1 amide bonds. The van der Waals surface area contributed by atoms with E-state index in [0.717, 1.165) is 5.56 Å². The van der Waals surface area contributed by atoms with Gasteiger partial charge in [0.1, 0.15) is 6.61 Å². The van der Waals surface area contributed by atoms with Crippen LogP contribution >= 0.6 is 27.5 Å². The van der Waals surface area contributed by atoms with Gasteiger partial charge in [-0.15, -0.1) is 0 Å². The first-order valence-electron chi connectivity index (χ1n) is 10.9. The molecule has 0 fully saturated rings. The third-order valence-electron chi connectivity index (χ3n) is 4.77. The van der Waals surface area contributed by atoms with E-state index in [-0.39, 0.29) is 12.5 Å². The fraction of sp³-hybridized carbons (Fsp3) is 0.231. The number of methoxy groups -OCH3 is 1. The van der Waals surface area contributed by atoms with E-state index in [2.05, 4.69) is 26.5 Å². The number of nitrogens with zero attached hydrogens (tertiary/aromatic N) is 1. The van der Waals surface area contributed by atoms with Gasteiger partial charge in [0.15, 0.2) is 23.0 Å². The van der Waals surface area contributed by atoms with Crippen molar-refractivity contribution in [3.05, 3.63) is 80.8 Å². The maximum atomic E-state index is 12.6. The molecule has 0 radical (unpaired) electrons. The van der Waals surface area contributed by atoms with Gasteiger partial charge < -0.3 is 18.9 Å². The smallest absolute Gasteiger partial charge is 0.271 e. The summed E-state index contributed by atoms with van der Waals surface area (Å²) in [5.41, 5.74) is 4.48. The minimum Gasteiger partial charge on any atom is -0.493 e. The van der Waals surface area contributed by atoms with Gasteiger partial charge in [0.2, 0.25) is 0 Å². The van der Waals surface area contributed by atoms with Crippen LogP contribution in [0.3, 0.4) is 0 Å². The topological polar surface area (TPSA) is 78.4 Å². The molecule has 35 heavy (non-hydrogen) atoms. The highest BCUT2D eigenvalue weighted by atomic mass is 79.9. The van der Waals surface area contributed by atoms with Crippen LogP contribution in [0.15, 0.2) is 64.2 Å². The van der Waals surface area contributed by atoms with Gasteiger partial charge in [-0.1, -0.05) is 29.8 Å². The van der Waals surface area contributed by atoms with Crippen LogP contribution in [0, 0.1) is 0 Å². The number of rotatable bonds is 11. The lowest BCUT2D eigenvalue weighted by molar-refractivity contribution is 0.0954. The molecule has 0 aliphatic carbocycles. The van der Waals surface area contributed by atoms with E-state index in [1.165, 1.54) is 6.21 Å². The molecule has 1 N–H and O–H groups in total. The van der Waals surface area contributed by atoms with Gasteiger partial charge >= 0.3 is 0 Å². The van der Waals surface area contributed by atoms with E-state index in [9.17, 15) is 4.79 Å². The molecule has 9 heteroatoms. The number of hydrazone groups is 1. The van der Waals surface area contributed by atoms with Gasteiger partial charge in [-0.2, -0.15) is 5.10 Å². The largest absolute Gasteiger partial charge is 0.493 e. The number of halogens is 2. The molecule has 3 aromatic rings. The van der Waals surface area contributed by atoms with Crippen molar-refractivity contribution >= 4 is 39.7 Å². The maximum absolute atomic E-state index is 12.6. The van der Waals surface area contributed by atoms with Gasteiger partial charge in [0.05, 0.1) is 31.0 Å². The summed E-state index contributed by atoms with van der Waals surface area (Å²) in [6.45, 7) is 4.99. The van der Waals surface area contributed by atoms with Crippen LogP contribution < -0.4 is 24.4 Å². The fourth-order valence-electron chi connectivity index (χ4n) is 3.14. The van der Waals surface area contributed by atoms with Gasteiger partial charge in [0, 0.05) is 16.1 Å². The molecule has 0 aliphatic rings. The van der Waals surface area contributed by atoms with Gasteiger partial charge in [-0.3, -0.25) is 4.79 Å². The van der Waals surface area contributed by atoms with Crippen LogP contribution in [0.4, 0.5) is 0 Å². The number of hydrogen-bond acceptors (Lipinski definition) is 6. The zero-order chi connectivity index (χ0) is 25.2. The van der Waals surface area contributed by atoms with E-state index in [4.69, 9.17) is 30.5 Å². The van der Waals surface area contributed by atoms with Crippen molar-refractivity contribution in [2.75, 3.05) is 20.3 Å². The highest BCUT2D eigenvalue weighted by Gasteiger charge is 2.13. The zero-order valence-corrected chi connectivity index (χ0v) is 22.0. The molecule has 0 unspecified atom stereocenters. The number of benzene rings is 3. The van der Waals surface area contributed by atoms with Crippen LogP contribution in [0.1, 0.15) is 35.3 Å². The Bertz CT molecular complexity index is 1200. The highest BCUT2D eigenvalue weighted by molar-refractivity contribution is 9.10. The standard InChI is InChI=1S/C26H26BrClN2O5/c1-4-33-22-11-10-18(14-23(22)34-5-2)26(31)30-29-15-17-12-20(27)25(24(13-17)32-3)35-16-19-8-6-7-9-21(19)28/h6-15H,4-5,16H2,1-3H3,(H,30,31)/b29-15+. The lowest BCUT2D eigenvalue weighted by Crippen LogP contribution is -2.17. The first-order chi connectivity index (χ1) is 17.0. The van der Waals surface area contributed by atoms with Crippen LogP contribution in [0.2, 0.25) is 5.02 Å². The highest BCUT2D eigenvalue weighted by Crippen LogP contribution is 2.37. The number of carbonyl (C=O) groups excluding carboxylic acids is 1. The van der Waals surface area contributed by atoms with E-state index >= 15 is 0 Å². The van der Waals surface area contributed by atoms with Crippen LogP contribution in [-0.2, 0) is 6.61 Å². The molecular formula is C26H26BrClN2O5. The summed E-state index contributed by atoms with van der Waals surface area (Å²) in [6.07, 6.45) is 1.51. The summed E-state index contributed by atoms with van der Waals surface area (Å²) in [7, 11) is 1.55. The Morgan fingerprint density at radius 2 is 1.74 bits per heavy atom. The first kappa shape index (κ1) is 26.4. The summed E-state index contributed by atoms with van der Waals surface area (Å²) < 4.78 is 23.2. The lowest BCUT2D eigenvalue weighted by atomic mass is 10.2. The third kappa shape index (κ3) is 7.13. The molecule has 0 spiro atoms. The molecule has 3 aromatic carbocycles. The van der Waals surface area contributed by atoms with Crippen LogP contribution in [0.5, 0.6) is 23.0 Å². The van der Waals surface area contributed by atoms with Gasteiger partial charge in [-0.05, 0) is 71.7 Å². The second-order valence-corrected chi connectivity index (χ2v) is 8.40. The number of hydrogen-bond donors (Lipinski definition) is 1. The lowest BCUT2D eigenvalue weighted by Gasteiger charge is -2.14. The van der Waals surface area contributed by atoms with Crippen LogP contribution in [0.25, 0.3) is 0 Å². The van der Waals surface area contributed by atoms with Crippen molar-refractivity contribution in [1.82, 2.24) is 5.43 Å². The second kappa shape index (κ2) is 13.0. The van der Waals surface area contributed by atoms with Crippen molar-refractivity contribution in [3.63, 3.8) is 0 Å². The molecule has 0 heterocycles. The van der Waals surface area contributed by atoms with Crippen molar-refractivity contribution in [2.45, 2.75) is 20.5 Å². The van der Waals surface area contributed by atoms with Crippen LogP contribution in [-0.4, -0.2) is 32.4 Å². The van der Waals surface area contributed by atoms with E-state index in [0.29, 0.717) is 56.8 Å². The summed E-state index contributed by atoms with van der Waals surface area (Å²) in [4.78, 5) is 12.6. The molecule has 184 valence electrons. The predicted octanol–water partition coefficient (Wildman–Crippen LogP) is 6.25. The average molecular weight is 562 g/mol. The minimum atomic E-state index is -0.379. The third-order valence-corrected chi connectivity index (χ3v) is 5.72. The van der Waals surface area contributed by atoms with Crippen molar-refractivity contribution in [2.24, 2.45) is 5.10 Å². The summed E-state index contributed by atoms with van der Waals surface area (Å²) in [5, 5.41) is 4.70. The molecule has 7 nitrogen and oxygen atoms in total. The first-order valence-corrected chi connectivity index (χ1v) is 12.1. The summed E-state index contributed by atoms with van der Waals surface area (Å²) in [5.74, 6) is 1.75. The minimum absolute atomic E-state index is 0.282. The SMILES string of the molecule is CCOc1ccc(C(=O)N/N=C/c2cc(Br)c(OCc3ccccc3Cl)c(OC)c2)cc1OCC.